The van der Waals surface area contributed by atoms with Crippen molar-refractivity contribution in [2.24, 2.45) is 0 Å². The smallest absolute Gasteiger partial charge is 0.341 e. The Labute approximate surface area is 206 Å². The fourth-order valence-electron chi connectivity index (χ4n) is 5.23. The van der Waals surface area contributed by atoms with Crippen LogP contribution in [0.2, 0.25) is 0 Å². The minimum absolute atomic E-state index is 0.0583. The molecule has 0 radical (unpaired) electrons. The van der Waals surface area contributed by atoms with Gasteiger partial charge in [0.2, 0.25) is 5.91 Å². The molecule has 10 heteroatoms. The summed E-state index contributed by atoms with van der Waals surface area (Å²) in [5, 5.41) is 18.9. The Morgan fingerprint density at radius 3 is 2.80 bits per heavy atom. The maximum absolute atomic E-state index is 12.9. The molecule has 9 nitrogen and oxygen atoms in total. The third kappa shape index (κ3) is 4.55. The van der Waals surface area contributed by atoms with E-state index in [1.54, 1.807) is 19.1 Å². The fraction of sp³-hybridized carbons (Fsp3) is 0.440. The third-order valence-electron chi connectivity index (χ3n) is 6.81. The molecule has 3 N–H and O–H groups in total. The number of nitrogens with one attached hydrogen (secondary N) is 3. The second-order valence-electron chi connectivity index (χ2n) is 9.01. The van der Waals surface area contributed by atoms with Gasteiger partial charge in [-0.1, -0.05) is 0 Å². The first-order valence-corrected chi connectivity index (χ1v) is 12.9. The standard InChI is InChI=1S/C25H28N4O5S/c1-2-34-25(31)22-16-6-3-4-9-20(16)35-24(22)28-21(30)13-26-19-8-5-7-15-17-12-14(29(32)33)10-11-18(17)27-23(15)19/h10-12,19,26-27H,2-9,13H2,1H3,(H,28,30)/t19-/m0/s1. The minimum atomic E-state index is -0.380. The van der Waals surface area contributed by atoms with Crippen molar-refractivity contribution < 1.29 is 19.2 Å². The molecule has 2 heterocycles. The number of nitro benzene ring substituents is 1. The Morgan fingerprint density at radius 1 is 1.20 bits per heavy atom. The first-order chi connectivity index (χ1) is 17.0. The Hall–Kier alpha value is -3.24. The van der Waals surface area contributed by atoms with Crippen molar-refractivity contribution in [3.05, 3.63) is 55.6 Å². The number of benzene rings is 1. The van der Waals surface area contributed by atoms with E-state index in [1.165, 1.54) is 17.4 Å². The van der Waals surface area contributed by atoms with Crippen molar-refractivity contribution in [2.75, 3.05) is 18.5 Å². The number of non-ortho nitro benzene ring substituents is 1. The van der Waals surface area contributed by atoms with Gasteiger partial charge >= 0.3 is 5.97 Å². The number of nitro groups is 1. The number of anilines is 1. The highest BCUT2D eigenvalue weighted by Gasteiger charge is 2.28. The van der Waals surface area contributed by atoms with Gasteiger partial charge in [-0.2, -0.15) is 0 Å². The van der Waals surface area contributed by atoms with E-state index in [9.17, 15) is 19.7 Å². The molecule has 2 aromatic heterocycles. The summed E-state index contributed by atoms with van der Waals surface area (Å²) in [6.07, 6.45) is 6.49. The molecule has 1 aromatic carbocycles. The van der Waals surface area contributed by atoms with Gasteiger partial charge in [-0.3, -0.25) is 14.9 Å². The second-order valence-corrected chi connectivity index (χ2v) is 10.1. The van der Waals surface area contributed by atoms with Gasteiger partial charge in [0.15, 0.2) is 0 Å². The van der Waals surface area contributed by atoms with Gasteiger partial charge in [0.25, 0.3) is 5.69 Å². The quantitative estimate of drug-likeness (QED) is 0.245. The van der Waals surface area contributed by atoms with Crippen LogP contribution in [0.3, 0.4) is 0 Å². The zero-order chi connectivity index (χ0) is 24.5. The Morgan fingerprint density at radius 2 is 2.00 bits per heavy atom. The molecular weight excluding hydrogens is 468 g/mol. The zero-order valence-electron chi connectivity index (χ0n) is 19.6. The van der Waals surface area contributed by atoms with Gasteiger partial charge in [0.05, 0.1) is 23.6 Å². The maximum atomic E-state index is 12.9. The zero-order valence-corrected chi connectivity index (χ0v) is 20.4. The number of aromatic nitrogens is 1. The van der Waals surface area contributed by atoms with Gasteiger partial charge < -0.3 is 20.4 Å². The Kier molecular flexibility index (Phi) is 6.57. The SMILES string of the molecule is CCOC(=O)c1c(NC(=O)CN[C@H]2CCCc3c2[nH]c2ccc([N+](=O)[O-])cc32)sc2c1CCCC2. The number of esters is 1. The summed E-state index contributed by atoms with van der Waals surface area (Å²) in [7, 11) is 0. The molecule has 0 aliphatic heterocycles. The molecule has 184 valence electrons. The van der Waals surface area contributed by atoms with Crippen LogP contribution in [-0.2, 0) is 28.8 Å². The third-order valence-corrected chi connectivity index (χ3v) is 8.02. The second kappa shape index (κ2) is 9.79. The lowest BCUT2D eigenvalue weighted by molar-refractivity contribution is -0.384. The predicted molar refractivity (Wildman–Crippen MR) is 134 cm³/mol. The van der Waals surface area contributed by atoms with Crippen molar-refractivity contribution in [3.63, 3.8) is 0 Å². The summed E-state index contributed by atoms with van der Waals surface area (Å²) < 4.78 is 5.28. The van der Waals surface area contributed by atoms with E-state index < -0.39 is 0 Å². The number of ether oxygens (including phenoxy) is 1. The molecule has 1 amide bonds. The van der Waals surface area contributed by atoms with Crippen LogP contribution in [0.1, 0.15) is 70.7 Å². The number of fused-ring (bicyclic) bond motifs is 4. The highest BCUT2D eigenvalue weighted by Crippen LogP contribution is 2.39. The number of nitrogens with zero attached hydrogens (tertiary/aromatic N) is 1. The summed E-state index contributed by atoms with van der Waals surface area (Å²) in [6, 6.07) is 4.80. The molecule has 5 rings (SSSR count). The number of carbonyl (C=O) groups excluding carboxylic acids is 2. The number of thiophene rings is 1. The summed E-state index contributed by atoms with van der Waals surface area (Å²) in [6.45, 7) is 2.15. The largest absolute Gasteiger partial charge is 0.462 e. The number of amides is 1. The molecule has 0 bridgehead atoms. The molecule has 1 atom stereocenters. The van der Waals surface area contributed by atoms with Crippen molar-refractivity contribution >= 4 is 44.8 Å². The fourth-order valence-corrected chi connectivity index (χ4v) is 6.52. The van der Waals surface area contributed by atoms with Crippen LogP contribution in [0.5, 0.6) is 0 Å². The monoisotopic (exact) mass is 496 g/mol. The van der Waals surface area contributed by atoms with E-state index in [-0.39, 0.29) is 41.7 Å². The van der Waals surface area contributed by atoms with E-state index in [0.717, 1.165) is 77.5 Å². The molecule has 35 heavy (non-hydrogen) atoms. The number of hydrogen-bond donors (Lipinski definition) is 3. The maximum Gasteiger partial charge on any atom is 0.341 e. The van der Waals surface area contributed by atoms with Gasteiger partial charge in [0, 0.05) is 39.6 Å². The molecule has 0 saturated heterocycles. The van der Waals surface area contributed by atoms with E-state index in [1.807, 2.05) is 0 Å². The summed E-state index contributed by atoms with van der Waals surface area (Å²) >= 11 is 1.48. The Bertz CT molecular complexity index is 1310. The number of H-pyrrole nitrogens is 1. The van der Waals surface area contributed by atoms with Gasteiger partial charge in [-0.25, -0.2) is 4.79 Å². The average Bonchev–Trinajstić information content (AvgIpc) is 3.40. The van der Waals surface area contributed by atoms with Gasteiger partial charge in [-0.15, -0.1) is 11.3 Å². The molecular formula is C25H28N4O5S. The van der Waals surface area contributed by atoms with Crippen molar-refractivity contribution in [1.82, 2.24) is 10.3 Å². The first-order valence-electron chi connectivity index (χ1n) is 12.1. The normalized spacial score (nSPS) is 17.0. The number of hydrogen-bond acceptors (Lipinski definition) is 7. The van der Waals surface area contributed by atoms with E-state index in [2.05, 4.69) is 15.6 Å². The van der Waals surface area contributed by atoms with Crippen LogP contribution in [0.4, 0.5) is 10.7 Å². The van der Waals surface area contributed by atoms with Crippen LogP contribution >= 0.6 is 11.3 Å². The van der Waals surface area contributed by atoms with Crippen LogP contribution in [-0.4, -0.2) is 34.9 Å². The lowest BCUT2D eigenvalue weighted by Crippen LogP contribution is -2.33. The molecule has 3 aromatic rings. The summed E-state index contributed by atoms with van der Waals surface area (Å²) in [5.74, 6) is -0.590. The van der Waals surface area contributed by atoms with Crippen LogP contribution in [0, 0.1) is 10.1 Å². The summed E-state index contributed by atoms with van der Waals surface area (Å²) in [5.41, 5.74) is 4.53. The van der Waals surface area contributed by atoms with Crippen LogP contribution in [0.15, 0.2) is 18.2 Å². The lowest BCUT2D eigenvalue weighted by atomic mass is 9.91. The molecule has 0 saturated carbocycles. The van der Waals surface area contributed by atoms with E-state index in [4.69, 9.17) is 4.74 Å². The van der Waals surface area contributed by atoms with E-state index in [0.29, 0.717) is 10.6 Å². The van der Waals surface area contributed by atoms with Crippen LogP contribution < -0.4 is 10.6 Å². The number of rotatable bonds is 7. The minimum Gasteiger partial charge on any atom is -0.462 e. The molecule has 2 aliphatic carbocycles. The van der Waals surface area contributed by atoms with Crippen LogP contribution in [0.25, 0.3) is 10.9 Å². The predicted octanol–water partition coefficient (Wildman–Crippen LogP) is 4.80. The summed E-state index contributed by atoms with van der Waals surface area (Å²) in [4.78, 5) is 40.9. The number of aromatic amines is 1. The topological polar surface area (TPSA) is 126 Å². The van der Waals surface area contributed by atoms with E-state index >= 15 is 0 Å². The highest BCUT2D eigenvalue weighted by atomic mass is 32.1. The first kappa shape index (κ1) is 23.5. The highest BCUT2D eigenvalue weighted by molar-refractivity contribution is 7.17. The number of carbonyl (C=O) groups is 2. The van der Waals surface area contributed by atoms with Crippen molar-refractivity contribution in [2.45, 2.75) is 57.9 Å². The molecule has 2 aliphatic rings. The van der Waals surface area contributed by atoms with Gasteiger partial charge in [0.1, 0.15) is 5.00 Å². The molecule has 0 fully saturated rings. The lowest BCUT2D eigenvalue weighted by Gasteiger charge is -2.23. The average molecular weight is 497 g/mol. The molecule has 0 unspecified atom stereocenters. The molecule has 0 spiro atoms. The van der Waals surface area contributed by atoms with Gasteiger partial charge in [-0.05, 0) is 69.1 Å². The van der Waals surface area contributed by atoms with Crippen molar-refractivity contribution in [1.29, 1.82) is 0 Å². The van der Waals surface area contributed by atoms with Crippen molar-refractivity contribution in [3.8, 4) is 0 Å². The number of aryl methyl sites for hydroxylation is 2. The Balaban J connectivity index is 1.31.